The normalized spacial score (nSPS) is 10.6. The number of benzene rings is 2. The van der Waals surface area contributed by atoms with Crippen molar-refractivity contribution in [2.75, 3.05) is 5.32 Å². The van der Waals surface area contributed by atoms with Crippen molar-refractivity contribution in [2.24, 2.45) is 0 Å². The quantitative estimate of drug-likeness (QED) is 0.482. The van der Waals surface area contributed by atoms with Gasteiger partial charge in [-0.3, -0.25) is 4.79 Å². The predicted molar refractivity (Wildman–Crippen MR) is 99.7 cm³/mol. The molecule has 0 aliphatic carbocycles. The highest BCUT2D eigenvalue weighted by Crippen LogP contribution is 2.28. The van der Waals surface area contributed by atoms with Crippen molar-refractivity contribution in [2.45, 2.75) is 16.5 Å². The summed E-state index contributed by atoms with van der Waals surface area (Å²) in [7, 11) is 0. The van der Waals surface area contributed by atoms with Crippen LogP contribution in [0.2, 0.25) is 5.02 Å². The second kappa shape index (κ2) is 8.42. The first-order valence-electron chi connectivity index (χ1n) is 7.34. The van der Waals surface area contributed by atoms with Crippen LogP contribution in [-0.4, -0.2) is 16.1 Å². The zero-order valence-electron chi connectivity index (χ0n) is 12.9. The lowest BCUT2D eigenvalue weighted by Gasteiger charge is -2.02. The lowest BCUT2D eigenvalue weighted by atomic mass is 10.1. The van der Waals surface area contributed by atoms with Crippen molar-refractivity contribution in [3.05, 3.63) is 70.5 Å². The number of hydrogen-bond acceptors (Lipinski definition) is 5. The SMILES string of the molecule is O=C(Cc1ccccc1F)Nc1nnc(SCc2ccc(Cl)cc2)s1. The predicted octanol–water partition coefficient (Wildman–Crippen LogP) is 4.80. The largest absolute Gasteiger partial charge is 0.300 e. The van der Waals surface area contributed by atoms with E-state index < -0.39 is 5.82 Å². The van der Waals surface area contributed by atoms with Crippen molar-refractivity contribution in [1.82, 2.24) is 10.2 Å². The highest BCUT2D eigenvalue weighted by Gasteiger charge is 2.11. The highest BCUT2D eigenvalue weighted by molar-refractivity contribution is 8.00. The Morgan fingerprint density at radius 3 is 2.68 bits per heavy atom. The zero-order valence-corrected chi connectivity index (χ0v) is 15.3. The Hall–Kier alpha value is -1.96. The maximum Gasteiger partial charge on any atom is 0.230 e. The fraction of sp³-hybridized carbons (Fsp3) is 0.118. The summed E-state index contributed by atoms with van der Waals surface area (Å²) in [6.45, 7) is 0. The molecular weight excluding hydrogens is 381 g/mol. The van der Waals surface area contributed by atoms with Crippen LogP contribution in [0, 0.1) is 5.82 Å². The number of rotatable bonds is 6. The number of halogens is 2. The Balaban J connectivity index is 1.53. The highest BCUT2D eigenvalue weighted by atomic mass is 35.5. The van der Waals surface area contributed by atoms with E-state index in [0.717, 1.165) is 15.7 Å². The number of nitrogens with zero attached hydrogens (tertiary/aromatic N) is 2. The Kier molecular flexibility index (Phi) is 6.01. The molecule has 0 unspecified atom stereocenters. The van der Waals surface area contributed by atoms with Crippen LogP contribution in [0.15, 0.2) is 52.9 Å². The first-order valence-corrected chi connectivity index (χ1v) is 9.52. The van der Waals surface area contributed by atoms with E-state index in [2.05, 4.69) is 15.5 Å². The van der Waals surface area contributed by atoms with E-state index in [4.69, 9.17) is 11.6 Å². The molecule has 4 nitrogen and oxygen atoms in total. The van der Waals surface area contributed by atoms with Gasteiger partial charge in [0.15, 0.2) is 4.34 Å². The van der Waals surface area contributed by atoms with Crippen LogP contribution in [0.1, 0.15) is 11.1 Å². The number of amides is 1. The summed E-state index contributed by atoms with van der Waals surface area (Å²) < 4.78 is 14.3. The molecule has 1 aromatic heterocycles. The lowest BCUT2D eigenvalue weighted by Crippen LogP contribution is -2.15. The number of anilines is 1. The summed E-state index contributed by atoms with van der Waals surface area (Å²) in [6, 6.07) is 13.8. The second-order valence-corrected chi connectivity index (χ2v) is 7.74. The van der Waals surface area contributed by atoms with E-state index in [0.29, 0.717) is 15.7 Å². The third kappa shape index (κ3) is 5.26. The molecule has 1 amide bonds. The minimum atomic E-state index is -0.394. The van der Waals surface area contributed by atoms with Gasteiger partial charge in [-0.05, 0) is 29.3 Å². The lowest BCUT2D eigenvalue weighted by molar-refractivity contribution is -0.115. The summed E-state index contributed by atoms with van der Waals surface area (Å²) in [4.78, 5) is 12.0. The summed E-state index contributed by atoms with van der Waals surface area (Å²) >= 11 is 8.67. The molecule has 0 spiro atoms. The third-order valence-electron chi connectivity index (χ3n) is 3.24. The number of hydrogen-bond donors (Lipinski definition) is 1. The molecule has 0 radical (unpaired) electrons. The molecule has 3 rings (SSSR count). The van der Waals surface area contributed by atoms with Gasteiger partial charge in [0, 0.05) is 10.8 Å². The van der Waals surface area contributed by atoms with Crippen LogP contribution in [0.3, 0.4) is 0 Å². The Morgan fingerprint density at radius 1 is 1.16 bits per heavy atom. The maximum atomic E-state index is 13.6. The van der Waals surface area contributed by atoms with E-state index in [1.807, 2.05) is 24.3 Å². The number of nitrogens with one attached hydrogen (secondary N) is 1. The van der Waals surface area contributed by atoms with Gasteiger partial charge in [0.05, 0.1) is 6.42 Å². The van der Waals surface area contributed by atoms with Crippen molar-refractivity contribution < 1.29 is 9.18 Å². The summed E-state index contributed by atoms with van der Waals surface area (Å²) in [5.41, 5.74) is 1.47. The van der Waals surface area contributed by atoms with Crippen LogP contribution in [0.5, 0.6) is 0 Å². The van der Waals surface area contributed by atoms with Gasteiger partial charge >= 0.3 is 0 Å². The molecular formula is C17H13ClFN3OS2. The smallest absolute Gasteiger partial charge is 0.230 e. The molecule has 0 atom stereocenters. The van der Waals surface area contributed by atoms with E-state index in [1.54, 1.807) is 18.2 Å². The fourth-order valence-electron chi connectivity index (χ4n) is 2.02. The van der Waals surface area contributed by atoms with Gasteiger partial charge in [-0.25, -0.2) is 4.39 Å². The second-order valence-electron chi connectivity index (χ2n) is 5.10. The monoisotopic (exact) mass is 393 g/mol. The van der Waals surface area contributed by atoms with Crippen molar-refractivity contribution in [3.63, 3.8) is 0 Å². The molecule has 25 heavy (non-hydrogen) atoms. The molecule has 0 bridgehead atoms. The molecule has 0 saturated heterocycles. The average Bonchev–Trinajstić information content (AvgIpc) is 3.04. The van der Waals surface area contributed by atoms with E-state index >= 15 is 0 Å². The van der Waals surface area contributed by atoms with Crippen molar-refractivity contribution in [3.8, 4) is 0 Å². The average molecular weight is 394 g/mol. The van der Waals surface area contributed by atoms with Gasteiger partial charge in [0.2, 0.25) is 11.0 Å². The molecule has 0 fully saturated rings. The summed E-state index contributed by atoms with van der Waals surface area (Å²) in [6.07, 6.45) is -0.0422. The molecule has 128 valence electrons. The fourth-order valence-corrected chi connectivity index (χ4v) is 3.87. The van der Waals surface area contributed by atoms with Crippen molar-refractivity contribution in [1.29, 1.82) is 0 Å². The number of thioether (sulfide) groups is 1. The Labute approximate surface area is 157 Å². The zero-order chi connectivity index (χ0) is 17.6. The van der Waals surface area contributed by atoms with Gasteiger partial charge in [-0.1, -0.05) is 65.0 Å². The van der Waals surface area contributed by atoms with Gasteiger partial charge in [0.25, 0.3) is 0 Å². The standard InChI is InChI=1S/C17H13ClFN3OS2/c18-13-7-5-11(6-8-13)10-24-17-22-21-16(25-17)20-15(23)9-12-3-1-2-4-14(12)19/h1-8H,9-10H2,(H,20,21,23). The number of aromatic nitrogens is 2. The molecule has 1 heterocycles. The van der Waals surface area contributed by atoms with Gasteiger partial charge in [0.1, 0.15) is 5.82 Å². The molecule has 2 aromatic carbocycles. The third-order valence-corrected chi connectivity index (χ3v) is 5.53. The van der Waals surface area contributed by atoms with Gasteiger partial charge in [-0.2, -0.15) is 0 Å². The molecule has 0 saturated carbocycles. The van der Waals surface area contributed by atoms with Crippen LogP contribution in [0.25, 0.3) is 0 Å². The van der Waals surface area contributed by atoms with Crippen LogP contribution >= 0.6 is 34.7 Å². The van der Waals surface area contributed by atoms with Gasteiger partial charge < -0.3 is 5.32 Å². The van der Waals surface area contributed by atoms with Crippen molar-refractivity contribution >= 4 is 45.7 Å². The first-order chi connectivity index (χ1) is 12.1. The summed E-state index contributed by atoms with van der Waals surface area (Å²) in [5.74, 6) is 0.0132. The number of carbonyl (C=O) groups excluding carboxylic acids is 1. The van der Waals surface area contributed by atoms with E-state index in [9.17, 15) is 9.18 Å². The summed E-state index contributed by atoms with van der Waals surface area (Å²) in [5, 5.41) is 11.7. The molecule has 0 aliphatic rings. The van der Waals surface area contributed by atoms with Crippen LogP contribution in [0.4, 0.5) is 9.52 Å². The maximum absolute atomic E-state index is 13.6. The Bertz CT molecular complexity index is 870. The van der Waals surface area contributed by atoms with Gasteiger partial charge in [-0.15, -0.1) is 10.2 Å². The molecule has 0 aliphatic heterocycles. The Morgan fingerprint density at radius 2 is 1.92 bits per heavy atom. The van der Waals surface area contributed by atoms with E-state index in [-0.39, 0.29) is 12.3 Å². The topological polar surface area (TPSA) is 54.9 Å². The first kappa shape index (κ1) is 17.8. The minimum Gasteiger partial charge on any atom is -0.300 e. The van der Waals surface area contributed by atoms with Crippen LogP contribution in [-0.2, 0) is 17.0 Å². The van der Waals surface area contributed by atoms with Crippen LogP contribution < -0.4 is 5.32 Å². The number of carbonyl (C=O) groups is 1. The van der Waals surface area contributed by atoms with E-state index in [1.165, 1.54) is 29.2 Å². The molecule has 3 aromatic rings. The molecule has 8 heteroatoms. The molecule has 1 N–H and O–H groups in total. The minimum absolute atomic E-state index is 0.0422.